The number of fused-ring (bicyclic) bond motifs is 1. The zero-order valence-electron chi connectivity index (χ0n) is 27.6. The number of aliphatic hydroxyl groups excluding tert-OH is 1. The third-order valence-corrected chi connectivity index (χ3v) is 10.8. The van der Waals surface area contributed by atoms with Crippen LogP contribution >= 0.6 is 0 Å². The van der Waals surface area contributed by atoms with Gasteiger partial charge < -0.3 is 15.2 Å². The number of benzene rings is 3. The molecule has 3 atom stereocenters. The first kappa shape index (κ1) is 33.0. The van der Waals surface area contributed by atoms with Crippen molar-refractivity contribution >= 4 is 16.9 Å². The van der Waals surface area contributed by atoms with Crippen molar-refractivity contribution in [3.05, 3.63) is 107 Å². The predicted molar refractivity (Wildman–Crippen MR) is 187 cm³/mol. The van der Waals surface area contributed by atoms with E-state index in [0.717, 1.165) is 59.6 Å². The number of likely N-dealkylation sites (tertiary alicyclic amines) is 1. The number of rotatable bonds is 10. The minimum atomic E-state index is -1.34. The molecule has 0 radical (unpaired) electrons. The fourth-order valence-electron chi connectivity index (χ4n) is 6.65. The van der Waals surface area contributed by atoms with Crippen LogP contribution in [0.25, 0.3) is 22.4 Å². The maximum Gasteiger partial charge on any atom is 0.270 e. The smallest absolute Gasteiger partial charge is 0.270 e. The summed E-state index contributed by atoms with van der Waals surface area (Å²) in [6, 6.07) is 28.0. The lowest BCUT2D eigenvalue weighted by Crippen LogP contribution is -2.37. The number of hydrogen-bond acceptors (Lipinski definition) is 6. The molecular weight excluding hydrogens is 609 g/mol. The van der Waals surface area contributed by atoms with Crippen LogP contribution in [0.2, 0.25) is 0 Å². The Hall–Kier alpha value is -3.89. The molecule has 0 unspecified atom stereocenters. The lowest BCUT2D eigenvalue weighted by molar-refractivity contribution is 0.0932. The standard InChI is InChI=1S/C38H44N4O4S/c1-38(2,3)47(45)42-24-30-22-33(37(44)39-31-16-18-41(25-31)23-26-10-6-5-7-11-26)40-36(35(30)34(42)17-19-43)29-14-8-12-27(20-29)28-13-9-15-32(21-28)46-4/h5-15,20-22,31,34,43H,16-19,23-25H2,1-4H3,(H,39,44)/t31-,34+,47+/m1/s1. The molecule has 0 spiro atoms. The van der Waals surface area contributed by atoms with E-state index in [1.165, 1.54) is 5.56 Å². The molecule has 2 aliphatic heterocycles. The van der Waals surface area contributed by atoms with Crippen molar-refractivity contribution in [1.82, 2.24) is 19.5 Å². The summed E-state index contributed by atoms with van der Waals surface area (Å²) in [5, 5.41) is 13.4. The molecular formula is C38H44N4O4S. The topological polar surface area (TPSA) is 95.0 Å². The van der Waals surface area contributed by atoms with E-state index in [1.54, 1.807) is 7.11 Å². The highest BCUT2D eigenvalue weighted by atomic mass is 32.2. The zero-order chi connectivity index (χ0) is 33.1. The molecule has 246 valence electrons. The quantitative estimate of drug-likeness (QED) is 0.214. The highest BCUT2D eigenvalue weighted by molar-refractivity contribution is 7.84. The number of methoxy groups -OCH3 is 1. The van der Waals surface area contributed by atoms with Gasteiger partial charge in [0, 0.05) is 50.0 Å². The van der Waals surface area contributed by atoms with E-state index >= 15 is 0 Å². The van der Waals surface area contributed by atoms with Gasteiger partial charge in [0.15, 0.2) is 0 Å². The molecule has 1 aromatic heterocycles. The highest BCUT2D eigenvalue weighted by Crippen LogP contribution is 2.44. The number of hydrogen-bond donors (Lipinski definition) is 2. The van der Waals surface area contributed by atoms with Crippen molar-refractivity contribution in [2.75, 3.05) is 26.8 Å². The Morgan fingerprint density at radius 2 is 1.72 bits per heavy atom. The number of nitrogens with one attached hydrogen (secondary N) is 1. The molecule has 3 heterocycles. The van der Waals surface area contributed by atoms with Gasteiger partial charge in [-0.05, 0) is 80.1 Å². The molecule has 2 aliphatic rings. The monoisotopic (exact) mass is 652 g/mol. The summed E-state index contributed by atoms with van der Waals surface area (Å²) < 4.78 is 20.7. The normalized spacial score (nSPS) is 19.0. The average molecular weight is 653 g/mol. The lowest BCUT2D eigenvalue weighted by Gasteiger charge is -2.30. The van der Waals surface area contributed by atoms with Gasteiger partial charge in [-0.2, -0.15) is 0 Å². The van der Waals surface area contributed by atoms with Gasteiger partial charge in [0.1, 0.15) is 22.4 Å². The van der Waals surface area contributed by atoms with Gasteiger partial charge in [-0.1, -0.05) is 60.7 Å². The van der Waals surface area contributed by atoms with Crippen molar-refractivity contribution in [1.29, 1.82) is 0 Å². The average Bonchev–Trinajstić information content (AvgIpc) is 3.67. The van der Waals surface area contributed by atoms with Crippen LogP contribution in [0.1, 0.15) is 66.8 Å². The number of aliphatic hydroxyl groups is 1. The maximum absolute atomic E-state index is 13.9. The molecule has 8 nitrogen and oxygen atoms in total. The van der Waals surface area contributed by atoms with Gasteiger partial charge in [0.25, 0.3) is 5.91 Å². The van der Waals surface area contributed by atoms with E-state index in [-0.39, 0.29) is 24.6 Å². The molecule has 4 aromatic rings. The molecule has 1 amide bonds. The molecule has 2 N–H and O–H groups in total. The van der Waals surface area contributed by atoms with E-state index in [2.05, 4.69) is 40.5 Å². The molecule has 9 heteroatoms. The van der Waals surface area contributed by atoms with E-state index in [9.17, 15) is 14.1 Å². The van der Waals surface area contributed by atoms with Gasteiger partial charge in [-0.25, -0.2) is 13.5 Å². The number of carbonyl (C=O) groups is 1. The first-order valence-corrected chi connectivity index (χ1v) is 17.4. The Labute approximate surface area is 280 Å². The zero-order valence-corrected chi connectivity index (χ0v) is 28.4. The maximum atomic E-state index is 13.9. The van der Waals surface area contributed by atoms with Crippen LogP contribution in [0.3, 0.4) is 0 Å². The highest BCUT2D eigenvalue weighted by Gasteiger charge is 2.40. The van der Waals surface area contributed by atoms with Crippen molar-refractivity contribution in [3.8, 4) is 28.1 Å². The van der Waals surface area contributed by atoms with Crippen LogP contribution in [0, 0.1) is 0 Å². The predicted octanol–water partition coefficient (Wildman–Crippen LogP) is 6.13. The SMILES string of the molecule is COc1cccc(-c2cccc(-c3nc(C(=O)N[C@@H]4CCN(Cc5ccccc5)C4)cc4c3[C@H](CCO)N([S@@](=O)C(C)(C)C)C4)c2)c1. The first-order valence-electron chi connectivity index (χ1n) is 16.3. The largest absolute Gasteiger partial charge is 0.497 e. The van der Waals surface area contributed by atoms with Gasteiger partial charge in [-0.15, -0.1) is 0 Å². The van der Waals surface area contributed by atoms with Gasteiger partial charge in [-0.3, -0.25) is 9.69 Å². The summed E-state index contributed by atoms with van der Waals surface area (Å²) in [6.07, 6.45) is 1.28. The summed E-state index contributed by atoms with van der Waals surface area (Å²) in [4.78, 5) is 21.3. The van der Waals surface area contributed by atoms with Crippen LogP contribution in [0.15, 0.2) is 84.9 Å². The fraction of sp³-hybridized carbons (Fsp3) is 0.368. The molecule has 0 bridgehead atoms. The molecule has 3 aromatic carbocycles. The molecule has 0 saturated carbocycles. The summed E-state index contributed by atoms with van der Waals surface area (Å²) >= 11 is 0. The minimum Gasteiger partial charge on any atom is -0.497 e. The van der Waals surface area contributed by atoms with E-state index < -0.39 is 15.7 Å². The summed E-state index contributed by atoms with van der Waals surface area (Å²) in [7, 11) is 0.312. The molecule has 1 saturated heterocycles. The Morgan fingerprint density at radius 1 is 1.00 bits per heavy atom. The first-order chi connectivity index (χ1) is 22.6. The second-order valence-electron chi connectivity index (χ2n) is 13.4. The van der Waals surface area contributed by atoms with Crippen LogP contribution in [-0.2, 0) is 24.1 Å². The number of carbonyl (C=O) groups excluding carboxylic acids is 1. The Balaban J connectivity index is 1.35. The van der Waals surface area contributed by atoms with E-state index in [0.29, 0.717) is 24.4 Å². The second kappa shape index (κ2) is 14.1. The van der Waals surface area contributed by atoms with Crippen LogP contribution in [-0.4, -0.2) is 67.0 Å². The second-order valence-corrected chi connectivity index (χ2v) is 15.6. The summed E-state index contributed by atoms with van der Waals surface area (Å²) in [6.45, 7) is 8.76. The van der Waals surface area contributed by atoms with E-state index in [1.807, 2.05) is 79.7 Å². The Morgan fingerprint density at radius 3 is 2.45 bits per heavy atom. The van der Waals surface area contributed by atoms with Crippen LogP contribution in [0.4, 0.5) is 0 Å². The van der Waals surface area contributed by atoms with E-state index in [4.69, 9.17) is 9.72 Å². The molecule has 1 fully saturated rings. The Kier molecular flexibility index (Phi) is 9.89. The third kappa shape index (κ3) is 7.33. The number of aromatic nitrogens is 1. The molecule has 6 rings (SSSR count). The summed E-state index contributed by atoms with van der Waals surface area (Å²) in [5.41, 5.74) is 6.97. The number of amides is 1. The van der Waals surface area contributed by atoms with Crippen LogP contribution in [0.5, 0.6) is 5.75 Å². The van der Waals surface area contributed by atoms with Gasteiger partial charge >= 0.3 is 0 Å². The van der Waals surface area contributed by atoms with Crippen LogP contribution < -0.4 is 10.1 Å². The molecule has 47 heavy (non-hydrogen) atoms. The lowest BCUT2D eigenvalue weighted by atomic mass is 9.94. The number of ether oxygens (including phenoxy) is 1. The van der Waals surface area contributed by atoms with Gasteiger partial charge in [0.05, 0.1) is 23.6 Å². The number of pyridine rings is 1. The van der Waals surface area contributed by atoms with Gasteiger partial charge in [0.2, 0.25) is 0 Å². The van der Waals surface area contributed by atoms with Crippen molar-refractivity contribution in [2.24, 2.45) is 0 Å². The minimum absolute atomic E-state index is 0.0214. The summed E-state index contributed by atoms with van der Waals surface area (Å²) in [5.74, 6) is 0.557. The molecule has 0 aliphatic carbocycles. The van der Waals surface area contributed by atoms with Crippen molar-refractivity contribution in [2.45, 2.75) is 63.5 Å². The fourth-order valence-corrected chi connectivity index (χ4v) is 8.05. The third-order valence-electron chi connectivity index (χ3n) is 8.92. The van der Waals surface area contributed by atoms with Crippen molar-refractivity contribution < 1.29 is 18.8 Å². The van der Waals surface area contributed by atoms with Crippen molar-refractivity contribution in [3.63, 3.8) is 0 Å². The number of nitrogens with zero attached hydrogens (tertiary/aromatic N) is 3. The Bertz CT molecular complexity index is 1760.